The molecule has 37 heavy (non-hydrogen) atoms. The van der Waals surface area contributed by atoms with Crippen LogP contribution in [0, 0.1) is 0 Å². The first-order valence-corrected chi connectivity index (χ1v) is 13.5. The van der Waals surface area contributed by atoms with Gasteiger partial charge in [0.2, 0.25) is 0 Å². The Kier molecular flexibility index (Phi) is 7.98. The number of nitrogens with zero attached hydrogens (tertiary/aromatic N) is 1. The Morgan fingerprint density at radius 3 is 2.57 bits per heavy atom. The summed E-state index contributed by atoms with van der Waals surface area (Å²) < 4.78 is 33.5. The van der Waals surface area contributed by atoms with Crippen LogP contribution in [0.5, 0.6) is 5.75 Å². The largest absolute Gasteiger partial charge is 0.481 e. The van der Waals surface area contributed by atoms with Crippen LogP contribution in [0.1, 0.15) is 15.9 Å². The minimum absolute atomic E-state index is 0.0164. The number of sulfonamides is 1. The number of thiophene rings is 1. The van der Waals surface area contributed by atoms with E-state index < -0.39 is 28.5 Å². The van der Waals surface area contributed by atoms with Crippen molar-refractivity contribution in [1.29, 1.82) is 0 Å². The molecule has 0 radical (unpaired) electrons. The number of hydrogen-bond donors (Lipinski definition) is 3. The van der Waals surface area contributed by atoms with Crippen LogP contribution in [0.2, 0.25) is 9.36 Å². The third kappa shape index (κ3) is 6.38. The van der Waals surface area contributed by atoms with Crippen LogP contribution >= 0.6 is 34.5 Å². The van der Waals surface area contributed by atoms with E-state index >= 15 is 0 Å². The number of hydrogen-bond acceptors (Lipinski definition) is 7. The van der Waals surface area contributed by atoms with Gasteiger partial charge in [-0.05, 0) is 47.2 Å². The number of amides is 1. The van der Waals surface area contributed by atoms with Gasteiger partial charge in [0, 0.05) is 10.6 Å². The Bertz CT molecular complexity index is 1640. The van der Waals surface area contributed by atoms with E-state index in [1.165, 1.54) is 36.5 Å². The Morgan fingerprint density at radius 1 is 1.05 bits per heavy atom. The Hall–Kier alpha value is -3.64. The number of anilines is 1. The standard InChI is InChI=1S/C24H17Cl2N3O6S2/c25-15-6-7-19(29-37(33,34)23-10-9-21(26)36-23)17(11-15)24(32)28-27-12-18-16-4-2-1-3-14(16)5-8-20(18)35-13-22(30)31/h1-12,29H,13H2,(H,28,32)(H,30,31). The molecule has 1 amide bonds. The van der Waals surface area contributed by atoms with E-state index in [1.807, 2.05) is 12.1 Å². The summed E-state index contributed by atoms with van der Waals surface area (Å²) in [6, 6.07) is 17.6. The lowest BCUT2D eigenvalue weighted by Gasteiger charge is -2.12. The van der Waals surface area contributed by atoms with Gasteiger partial charge >= 0.3 is 5.97 Å². The van der Waals surface area contributed by atoms with Gasteiger partial charge in [0.25, 0.3) is 15.9 Å². The molecule has 1 heterocycles. The highest BCUT2D eigenvalue weighted by molar-refractivity contribution is 7.94. The molecule has 3 N–H and O–H groups in total. The first-order valence-electron chi connectivity index (χ1n) is 10.4. The predicted molar refractivity (Wildman–Crippen MR) is 144 cm³/mol. The second-order valence-electron chi connectivity index (χ2n) is 7.43. The molecule has 9 nitrogen and oxygen atoms in total. The number of hydrazone groups is 1. The Labute approximate surface area is 225 Å². The number of fused-ring (bicyclic) bond motifs is 1. The molecule has 13 heteroatoms. The van der Waals surface area contributed by atoms with Crippen molar-refractivity contribution in [2.75, 3.05) is 11.3 Å². The second kappa shape index (κ2) is 11.2. The maximum absolute atomic E-state index is 13.0. The molecular formula is C24H17Cl2N3O6S2. The molecule has 0 bridgehead atoms. The van der Waals surface area contributed by atoms with Crippen LogP contribution < -0.4 is 14.9 Å². The number of carboxylic acid groups (broad SMARTS) is 1. The third-order valence-corrected chi connectivity index (χ3v) is 8.25. The van der Waals surface area contributed by atoms with E-state index in [9.17, 15) is 18.0 Å². The van der Waals surface area contributed by atoms with E-state index in [-0.39, 0.29) is 26.2 Å². The molecule has 0 unspecified atom stereocenters. The maximum Gasteiger partial charge on any atom is 0.341 e. The van der Waals surface area contributed by atoms with Gasteiger partial charge in [0.1, 0.15) is 9.96 Å². The number of carbonyl (C=O) groups is 2. The summed E-state index contributed by atoms with van der Waals surface area (Å²) in [5, 5.41) is 14.7. The normalized spacial score (nSPS) is 11.5. The van der Waals surface area contributed by atoms with Crippen molar-refractivity contribution < 1.29 is 27.9 Å². The van der Waals surface area contributed by atoms with Gasteiger partial charge in [-0.3, -0.25) is 9.52 Å². The van der Waals surface area contributed by atoms with Gasteiger partial charge in [-0.25, -0.2) is 18.6 Å². The summed E-state index contributed by atoms with van der Waals surface area (Å²) in [4.78, 5) is 23.9. The summed E-state index contributed by atoms with van der Waals surface area (Å²) in [6.07, 6.45) is 1.32. The fourth-order valence-corrected chi connectivity index (χ4v) is 6.05. The molecule has 0 aliphatic heterocycles. The van der Waals surface area contributed by atoms with Crippen molar-refractivity contribution in [3.8, 4) is 5.75 Å². The van der Waals surface area contributed by atoms with Crippen LogP contribution in [0.25, 0.3) is 10.8 Å². The predicted octanol–water partition coefficient (Wildman–Crippen LogP) is 5.24. The molecule has 0 fully saturated rings. The van der Waals surface area contributed by atoms with Crippen molar-refractivity contribution in [2.24, 2.45) is 5.10 Å². The number of benzene rings is 3. The molecular weight excluding hydrogens is 561 g/mol. The minimum atomic E-state index is -4.01. The van der Waals surface area contributed by atoms with Crippen LogP contribution in [0.3, 0.4) is 0 Å². The molecule has 4 aromatic rings. The average Bonchev–Trinajstić information content (AvgIpc) is 3.31. The first-order chi connectivity index (χ1) is 17.6. The van der Waals surface area contributed by atoms with Gasteiger partial charge in [0.15, 0.2) is 6.61 Å². The number of ether oxygens (including phenoxy) is 1. The summed E-state index contributed by atoms with van der Waals surface area (Å²) in [6.45, 7) is -0.562. The lowest BCUT2D eigenvalue weighted by Crippen LogP contribution is -2.21. The van der Waals surface area contributed by atoms with E-state index in [0.717, 1.165) is 16.7 Å². The highest BCUT2D eigenvalue weighted by Gasteiger charge is 2.21. The molecule has 1 aromatic heterocycles. The van der Waals surface area contributed by atoms with Crippen molar-refractivity contribution in [3.05, 3.63) is 87.2 Å². The Balaban J connectivity index is 1.61. The quantitative estimate of drug-likeness (QED) is 0.184. The smallest absolute Gasteiger partial charge is 0.341 e. The molecule has 3 aromatic carbocycles. The van der Waals surface area contributed by atoms with Gasteiger partial charge in [-0.2, -0.15) is 5.10 Å². The lowest BCUT2D eigenvalue weighted by atomic mass is 10.0. The number of nitrogens with one attached hydrogen (secondary N) is 2. The molecule has 0 saturated heterocycles. The second-order valence-corrected chi connectivity index (χ2v) is 11.5. The molecule has 0 atom stereocenters. The zero-order valence-electron chi connectivity index (χ0n) is 18.6. The van der Waals surface area contributed by atoms with E-state index in [1.54, 1.807) is 24.3 Å². The van der Waals surface area contributed by atoms with E-state index in [2.05, 4.69) is 15.2 Å². The summed E-state index contributed by atoms with van der Waals surface area (Å²) in [5.74, 6) is -1.64. The molecule has 4 rings (SSSR count). The number of carboxylic acids is 1. The number of halogens is 2. The van der Waals surface area contributed by atoms with E-state index in [0.29, 0.717) is 15.3 Å². The molecule has 0 aliphatic carbocycles. The zero-order chi connectivity index (χ0) is 26.6. The molecule has 190 valence electrons. The highest BCUT2D eigenvalue weighted by Crippen LogP contribution is 2.30. The minimum Gasteiger partial charge on any atom is -0.481 e. The number of rotatable bonds is 9. The van der Waals surface area contributed by atoms with Crippen LogP contribution in [-0.4, -0.2) is 38.2 Å². The van der Waals surface area contributed by atoms with Crippen LogP contribution in [0.15, 0.2) is 76.0 Å². The Morgan fingerprint density at radius 2 is 1.84 bits per heavy atom. The van der Waals surface area contributed by atoms with E-state index in [4.69, 9.17) is 33.0 Å². The van der Waals surface area contributed by atoms with Crippen molar-refractivity contribution in [1.82, 2.24) is 5.43 Å². The average molecular weight is 578 g/mol. The fraction of sp³-hybridized carbons (Fsp3) is 0.0417. The van der Waals surface area contributed by atoms with Crippen molar-refractivity contribution in [2.45, 2.75) is 4.21 Å². The highest BCUT2D eigenvalue weighted by atomic mass is 35.5. The number of aliphatic carboxylic acids is 1. The van der Waals surface area contributed by atoms with Crippen LogP contribution in [-0.2, 0) is 14.8 Å². The van der Waals surface area contributed by atoms with Crippen molar-refractivity contribution >= 4 is 79.1 Å². The first kappa shape index (κ1) is 26.4. The molecule has 0 spiro atoms. The monoisotopic (exact) mass is 577 g/mol. The maximum atomic E-state index is 13.0. The summed E-state index contributed by atoms with van der Waals surface area (Å²) >= 11 is 12.8. The zero-order valence-corrected chi connectivity index (χ0v) is 21.8. The van der Waals surface area contributed by atoms with Crippen molar-refractivity contribution in [3.63, 3.8) is 0 Å². The van der Waals surface area contributed by atoms with Crippen LogP contribution in [0.4, 0.5) is 5.69 Å². The SMILES string of the molecule is O=C(O)COc1ccc2ccccc2c1C=NNC(=O)c1cc(Cl)ccc1NS(=O)(=O)c1ccc(Cl)s1. The lowest BCUT2D eigenvalue weighted by molar-refractivity contribution is -0.139. The molecule has 0 saturated carbocycles. The van der Waals surface area contributed by atoms with Gasteiger partial charge < -0.3 is 9.84 Å². The van der Waals surface area contributed by atoms with Gasteiger partial charge in [-0.15, -0.1) is 11.3 Å². The number of carbonyl (C=O) groups excluding carboxylic acids is 1. The summed E-state index contributed by atoms with van der Waals surface area (Å²) in [5.41, 5.74) is 2.70. The topological polar surface area (TPSA) is 134 Å². The molecule has 0 aliphatic rings. The van der Waals surface area contributed by atoms with Gasteiger partial charge in [0.05, 0.1) is 21.8 Å². The summed E-state index contributed by atoms with van der Waals surface area (Å²) in [7, 11) is -4.01. The van der Waals surface area contributed by atoms with Gasteiger partial charge in [-0.1, -0.05) is 53.5 Å². The third-order valence-electron chi connectivity index (χ3n) is 4.93. The fourth-order valence-electron chi connectivity index (χ4n) is 3.32.